The second kappa shape index (κ2) is 8.86. The first-order valence-corrected chi connectivity index (χ1v) is 10.8. The molecule has 1 heterocycles. The van der Waals surface area contributed by atoms with Crippen molar-refractivity contribution in [2.45, 2.75) is 36.5 Å². The third-order valence-corrected chi connectivity index (χ3v) is 7.16. The molecule has 1 amide bonds. The van der Waals surface area contributed by atoms with Gasteiger partial charge in [0.15, 0.2) is 5.17 Å². The van der Waals surface area contributed by atoms with E-state index in [0.29, 0.717) is 23.1 Å². The van der Waals surface area contributed by atoms with E-state index in [-0.39, 0.29) is 17.5 Å². The fourth-order valence-corrected chi connectivity index (χ4v) is 5.70. The quantitative estimate of drug-likeness (QED) is 0.650. The van der Waals surface area contributed by atoms with Gasteiger partial charge < -0.3 is 25.6 Å². The van der Waals surface area contributed by atoms with E-state index in [1.807, 2.05) is 4.90 Å². The molecule has 1 saturated carbocycles. The van der Waals surface area contributed by atoms with E-state index in [0.717, 1.165) is 5.56 Å². The number of fused-ring (bicyclic) bond motifs is 1. The Morgan fingerprint density at radius 3 is 2.52 bits per heavy atom. The van der Waals surface area contributed by atoms with Crippen LogP contribution in [-0.4, -0.2) is 56.8 Å². The lowest BCUT2D eigenvalue weighted by Gasteiger charge is -2.41. The molecular weight excluding hydrogens is 421 g/mol. The zero-order chi connectivity index (χ0) is 22.1. The summed E-state index contributed by atoms with van der Waals surface area (Å²) in [6.45, 7) is 0.332. The maximum atomic E-state index is 13.4. The highest BCUT2D eigenvalue weighted by Gasteiger charge is 2.54. The third kappa shape index (κ3) is 4.39. The van der Waals surface area contributed by atoms with Crippen molar-refractivity contribution in [2.24, 2.45) is 16.6 Å². The molecule has 7 nitrogen and oxygen atoms in total. The van der Waals surface area contributed by atoms with Gasteiger partial charge in [0.05, 0.1) is 30.9 Å². The Morgan fingerprint density at radius 2 is 1.90 bits per heavy atom. The number of rotatable bonds is 5. The molecule has 5 unspecified atom stereocenters. The van der Waals surface area contributed by atoms with E-state index < -0.39 is 30.1 Å². The molecule has 2 fully saturated rings. The highest BCUT2D eigenvalue weighted by atomic mass is 32.2. The molecule has 2 aliphatic rings. The lowest BCUT2D eigenvalue weighted by atomic mass is 9.80. The molecule has 31 heavy (non-hydrogen) atoms. The molecule has 0 spiro atoms. The predicted molar refractivity (Wildman–Crippen MR) is 117 cm³/mol. The van der Waals surface area contributed by atoms with E-state index in [9.17, 15) is 19.4 Å². The van der Waals surface area contributed by atoms with Gasteiger partial charge in [0.2, 0.25) is 5.91 Å². The highest BCUT2D eigenvalue weighted by Crippen LogP contribution is 2.45. The minimum Gasteiger partial charge on any atom is -0.497 e. The molecule has 5 atom stereocenters. The van der Waals surface area contributed by atoms with Crippen LogP contribution in [0.15, 0.2) is 53.5 Å². The zero-order valence-electron chi connectivity index (χ0n) is 16.9. The molecule has 0 bridgehead atoms. The van der Waals surface area contributed by atoms with Gasteiger partial charge in [-0.25, -0.2) is 9.38 Å². The van der Waals surface area contributed by atoms with Crippen LogP contribution in [0, 0.1) is 11.7 Å². The molecule has 164 valence electrons. The monoisotopic (exact) mass is 445 g/mol. The summed E-state index contributed by atoms with van der Waals surface area (Å²) in [4.78, 5) is 18.7. The summed E-state index contributed by atoms with van der Waals surface area (Å²) in [5.41, 5.74) is 7.11. The number of ether oxygens (including phenoxy) is 1. The molecule has 0 aromatic heterocycles. The van der Waals surface area contributed by atoms with Gasteiger partial charge in [0.1, 0.15) is 17.7 Å². The van der Waals surface area contributed by atoms with Crippen molar-refractivity contribution >= 4 is 28.5 Å². The van der Waals surface area contributed by atoms with Crippen LogP contribution in [0.3, 0.4) is 0 Å². The van der Waals surface area contributed by atoms with E-state index in [2.05, 4.69) is 0 Å². The van der Waals surface area contributed by atoms with Gasteiger partial charge in [-0.15, -0.1) is 0 Å². The molecule has 4 N–H and O–H groups in total. The summed E-state index contributed by atoms with van der Waals surface area (Å²) >= 11 is 1.37. The molecule has 1 saturated heterocycles. The molecule has 2 aromatic carbocycles. The van der Waals surface area contributed by atoms with Crippen molar-refractivity contribution in [2.75, 3.05) is 7.11 Å². The Balaban J connectivity index is 1.72. The Kier molecular flexibility index (Phi) is 6.17. The van der Waals surface area contributed by atoms with E-state index in [4.69, 9.17) is 15.5 Å². The zero-order valence-corrected chi connectivity index (χ0v) is 17.7. The van der Waals surface area contributed by atoms with Crippen molar-refractivity contribution in [1.29, 1.82) is 0 Å². The number of benzene rings is 2. The van der Waals surface area contributed by atoms with Gasteiger partial charge in [0, 0.05) is 11.8 Å². The minimum absolute atomic E-state index is 0.102. The lowest BCUT2D eigenvalue weighted by molar-refractivity contribution is -0.128. The van der Waals surface area contributed by atoms with Gasteiger partial charge >= 0.3 is 0 Å². The van der Waals surface area contributed by atoms with Crippen LogP contribution in [0.1, 0.15) is 12.0 Å². The van der Waals surface area contributed by atoms with Crippen molar-refractivity contribution in [1.82, 2.24) is 4.90 Å². The summed E-state index contributed by atoms with van der Waals surface area (Å²) in [6.07, 6.45) is -2.04. The fourth-order valence-electron chi connectivity index (χ4n) is 4.12. The number of amides is 1. The SMILES string of the molecule is COc1ccc(N=C2SC3C(C(N)=O)CC(O)C(O)C3N2Cc2ccc(F)cc2)cc1. The van der Waals surface area contributed by atoms with E-state index in [1.165, 1.54) is 23.9 Å². The second-order valence-electron chi connectivity index (χ2n) is 7.72. The van der Waals surface area contributed by atoms with Gasteiger partial charge in [-0.1, -0.05) is 23.9 Å². The summed E-state index contributed by atoms with van der Waals surface area (Å²) in [6, 6.07) is 12.7. The van der Waals surface area contributed by atoms with Gasteiger partial charge in [0.25, 0.3) is 0 Å². The summed E-state index contributed by atoms with van der Waals surface area (Å²) in [7, 11) is 1.58. The molecule has 2 aromatic rings. The molecule has 0 radical (unpaired) electrons. The number of primary amides is 1. The summed E-state index contributed by atoms with van der Waals surface area (Å²) < 4.78 is 18.6. The minimum atomic E-state index is -1.07. The maximum absolute atomic E-state index is 13.4. The topological polar surface area (TPSA) is 108 Å². The second-order valence-corrected chi connectivity index (χ2v) is 8.87. The van der Waals surface area contributed by atoms with Gasteiger partial charge in [-0.2, -0.15) is 0 Å². The smallest absolute Gasteiger partial charge is 0.221 e. The molecule has 9 heteroatoms. The average molecular weight is 446 g/mol. The van der Waals surface area contributed by atoms with Crippen LogP contribution in [-0.2, 0) is 11.3 Å². The largest absolute Gasteiger partial charge is 0.497 e. The first kappa shape index (κ1) is 21.6. The van der Waals surface area contributed by atoms with Crippen LogP contribution in [0.5, 0.6) is 5.75 Å². The molecular formula is C22H24FN3O4S. The van der Waals surface area contributed by atoms with Gasteiger partial charge in [-0.05, 0) is 48.4 Å². The number of aliphatic hydroxyl groups excluding tert-OH is 2. The number of nitrogens with two attached hydrogens (primary N) is 1. The Labute approximate surface area is 183 Å². The van der Waals surface area contributed by atoms with E-state index in [1.54, 1.807) is 43.5 Å². The first-order valence-electron chi connectivity index (χ1n) is 9.93. The third-order valence-electron chi connectivity index (χ3n) is 5.75. The number of carbonyl (C=O) groups is 1. The highest BCUT2D eigenvalue weighted by molar-refractivity contribution is 8.14. The lowest BCUT2D eigenvalue weighted by Crippen LogP contribution is -2.58. The van der Waals surface area contributed by atoms with Crippen LogP contribution >= 0.6 is 11.8 Å². The number of aliphatic hydroxyl groups is 2. The molecule has 1 aliphatic carbocycles. The van der Waals surface area contributed by atoms with Crippen molar-refractivity contribution in [3.05, 3.63) is 59.9 Å². The predicted octanol–water partition coefficient (Wildman–Crippen LogP) is 2.04. The van der Waals surface area contributed by atoms with Gasteiger partial charge in [-0.3, -0.25) is 4.79 Å². The number of amidine groups is 1. The fraction of sp³-hybridized carbons (Fsp3) is 0.364. The Morgan fingerprint density at radius 1 is 1.23 bits per heavy atom. The van der Waals surface area contributed by atoms with Crippen molar-refractivity contribution in [3.8, 4) is 5.75 Å². The number of nitrogens with zero attached hydrogens (tertiary/aromatic N) is 2. The van der Waals surface area contributed by atoms with Crippen molar-refractivity contribution < 1.29 is 24.1 Å². The number of methoxy groups -OCH3 is 1. The average Bonchev–Trinajstić information content (AvgIpc) is 3.10. The summed E-state index contributed by atoms with van der Waals surface area (Å²) in [5, 5.41) is 21.5. The standard InChI is InChI=1S/C22H24FN3O4S/c1-30-15-8-6-14(7-9-15)25-22-26(11-12-2-4-13(23)5-3-12)18-19(28)17(27)10-16(21(24)29)20(18)31-22/h2-9,16-20,27-28H,10-11H2,1H3,(H2,24,29). The summed E-state index contributed by atoms with van der Waals surface area (Å²) in [5.74, 6) is -0.757. The molecule has 4 rings (SSSR count). The number of hydrogen-bond donors (Lipinski definition) is 3. The number of carbonyl (C=O) groups excluding carboxylic acids is 1. The number of halogens is 1. The number of aliphatic imine (C=N–C) groups is 1. The maximum Gasteiger partial charge on any atom is 0.221 e. The number of hydrogen-bond acceptors (Lipinski definition) is 6. The number of thioether (sulfide) groups is 1. The van der Waals surface area contributed by atoms with Crippen molar-refractivity contribution in [3.63, 3.8) is 0 Å². The first-order chi connectivity index (χ1) is 14.9. The van der Waals surface area contributed by atoms with Crippen LogP contribution in [0.25, 0.3) is 0 Å². The Hall–Kier alpha value is -2.62. The Bertz CT molecular complexity index is 970. The van der Waals surface area contributed by atoms with Crippen LogP contribution < -0.4 is 10.5 Å². The molecule has 1 aliphatic heterocycles. The van der Waals surface area contributed by atoms with Crippen LogP contribution in [0.2, 0.25) is 0 Å². The van der Waals surface area contributed by atoms with E-state index >= 15 is 0 Å². The van der Waals surface area contributed by atoms with Crippen LogP contribution in [0.4, 0.5) is 10.1 Å². The normalized spacial score (nSPS) is 29.1.